The molecular formula is C24H25N3O3S. The maximum atomic E-state index is 13.1. The summed E-state index contributed by atoms with van der Waals surface area (Å²) in [5.41, 5.74) is 4.19. The third-order valence-electron chi connectivity index (χ3n) is 5.66. The third-order valence-corrected chi connectivity index (χ3v) is 6.93. The summed E-state index contributed by atoms with van der Waals surface area (Å²) in [5, 5.41) is 1.91. The number of rotatable bonds is 4. The molecule has 0 aliphatic carbocycles. The van der Waals surface area contributed by atoms with Crippen molar-refractivity contribution in [3.63, 3.8) is 0 Å². The number of anilines is 1. The minimum absolute atomic E-state index is 0.0749. The second-order valence-corrected chi connectivity index (χ2v) is 8.90. The Balaban J connectivity index is 1.31. The molecule has 1 aliphatic rings. The zero-order valence-corrected chi connectivity index (χ0v) is 18.8. The number of hydrogen-bond acceptors (Lipinski definition) is 6. The Bertz CT molecular complexity index is 1270. The van der Waals surface area contributed by atoms with Crippen LogP contribution < -0.4 is 9.64 Å². The number of hydrogen-bond donors (Lipinski definition) is 0. The van der Waals surface area contributed by atoms with Gasteiger partial charge in [-0.05, 0) is 50.1 Å². The van der Waals surface area contributed by atoms with Crippen molar-refractivity contribution in [2.24, 2.45) is 0 Å². The summed E-state index contributed by atoms with van der Waals surface area (Å²) in [7, 11) is 0. The molecule has 1 aliphatic heterocycles. The van der Waals surface area contributed by atoms with Crippen molar-refractivity contribution < 1.29 is 13.9 Å². The maximum Gasteiger partial charge on any atom is 0.289 e. The van der Waals surface area contributed by atoms with Gasteiger partial charge >= 0.3 is 0 Å². The molecule has 4 aromatic rings. The van der Waals surface area contributed by atoms with Crippen molar-refractivity contribution in [1.29, 1.82) is 0 Å². The zero-order chi connectivity index (χ0) is 21.5. The smallest absolute Gasteiger partial charge is 0.289 e. The average Bonchev–Trinajstić information content (AvgIpc) is 3.39. The van der Waals surface area contributed by atoms with E-state index >= 15 is 0 Å². The number of carbonyl (C=O) groups excluding carboxylic acids is 1. The van der Waals surface area contributed by atoms with Crippen LogP contribution in [0.3, 0.4) is 0 Å². The van der Waals surface area contributed by atoms with Gasteiger partial charge in [-0.25, -0.2) is 4.98 Å². The lowest BCUT2D eigenvalue weighted by Gasteiger charge is -2.34. The first-order chi connectivity index (χ1) is 15.0. The molecule has 0 bridgehead atoms. The van der Waals surface area contributed by atoms with Gasteiger partial charge in [-0.3, -0.25) is 4.79 Å². The molecule has 0 unspecified atom stereocenters. The van der Waals surface area contributed by atoms with Gasteiger partial charge in [-0.15, -0.1) is 0 Å². The molecule has 0 N–H and O–H groups in total. The highest BCUT2D eigenvalue weighted by atomic mass is 32.1. The van der Waals surface area contributed by atoms with Gasteiger partial charge in [0.2, 0.25) is 0 Å². The Hall–Kier alpha value is -3.06. The number of aryl methyl sites for hydroxylation is 2. The van der Waals surface area contributed by atoms with E-state index in [1.165, 1.54) is 15.8 Å². The standard InChI is InChI=1S/C24H25N3O3S/c1-4-29-19-7-5-6-17-14-20(30-21(17)19)23(28)26-8-10-27(11-9-26)24-25-18-13-15(2)12-16(3)22(18)31-24/h5-7,12-14H,4,8-11H2,1-3H3. The zero-order valence-electron chi connectivity index (χ0n) is 18.0. The summed E-state index contributed by atoms with van der Waals surface area (Å²) in [6.07, 6.45) is 0. The number of amides is 1. The number of thiazole rings is 1. The Kier molecular flexibility index (Phi) is 5.06. The first-order valence-corrected chi connectivity index (χ1v) is 11.4. The maximum absolute atomic E-state index is 13.1. The molecule has 3 heterocycles. The fourth-order valence-electron chi connectivity index (χ4n) is 4.17. The summed E-state index contributed by atoms with van der Waals surface area (Å²) in [5.74, 6) is 0.959. The monoisotopic (exact) mass is 435 g/mol. The van der Waals surface area contributed by atoms with E-state index in [0.717, 1.165) is 29.1 Å². The summed E-state index contributed by atoms with van der Waals surface area (Å²) in [6.45, 7) is 9.52. The van der Waals surface area contributed by atoms with Crippen LogP contribution in [0.25, 0.3) is 21.2 Å². The predicted octanol–water partition coefficient (Wildman–Crippen LogP) is 5.02. The summed E-state index contributed by atoms with van der Waals surface area (Å²) in [4.78, 5) is 22.0. The fourth-order valence-corrected chi connectivity index (χ4v) is 5.24. The van der Waals surface area contributed by atoms with Crippen LogP contribution in [0.15, 0.2) is 40.8 Å². The van der Waals surface area contributed by atoms with Gasteiger partial charge in [-0.2, -0.15) is 0 Å². The van der Waals surface area contributed by atoms with Crippen LogP contribution in [0.5, 0.6) is 5.75 Å². The van der Waals surface area contributed by atoms with Crippen LogP contribution in [0.1, 0.15) is 28.6 Å². The fraction of sp³-hybridized carbons (Fsp3) is 0.333. The minimum atomic E-state index is -0.0749. The SMILES string of the molecule is CCOc1cccc2cc(C(=O)N3CCN(c4nc5cc(C)cc(C)c5s4)CC3)oc12. The largest absolute Gasteiger partial charge is 0.490 e. The number of para-hydroxylation sites is 1. The van der Waals surface area contributed by atoms with Crippen LogP contribution in [0, 0.1) is 13.8 Å². The van der Waals surface area contributed by atoms with E-state index in [9.17, 15) is 4.79 Å². The highest BCUT2D eigenvalue weighted by Gasteiger charge is 2.26. The molecule has 1 amide bonds. The predicted molar refractivity (Wildman–Crippen MR) is 125 cm³/mol. The van der Waals surface area contributed by atoms with Gasteiger partial charge in [0.05, 0.1) is 16.8 Å². The number of nitrogens with zero attached hydrogens (tertiary/aromatic N) is 3. The van der Waals surface area contributed by atoms with E-state index in [2.05, 4.69) is 30.9 Å². The molecule has 5 rings (SSSR count). The van der Waals surface area contributed by atoms with Gasteiger partial charge in [0.1, 0.15) is 0 Å². The van der Waals surface area contributed by atoms with E-state index < -0.39 is 0 Å². The number of benzene rings is 2. The highest BCUT2D eigenvalue weighted by molar-refractivity contribution is 7.22. The van der Waals surface area contributed by atoms with E-state index in [1.807, 2.05) is 36.1 Å². The first-order valence-electron chi connectivity index (χ1n) is 10.6. The molecule has 0 radical (unpaired) electrons. The van der Waals surface area contributed by atoms with Crippen LogP contribution in [0.2, 0.25) is 0 Å². The van der Waals surface area contributed by atoms with Crippen LogP contribution >= 0.6 is 11.3 Å². The molecule has 1 saturated heterocycles. The quantitative estimate of drug-likeness (QED) is 0.450. The number of ether oxygens (including phenoxy) is 1. The van der Waals surface area contributed by atoms with Crippen molar-refractivity contribution in [3.05, 3.63) is 53.3 Å². The Morgan fingerprint density at radius 2 is 1.97 bits per heavy atom. The highest BCUT2D eigenvalue weighted by Crippen LogP contribution is 2.33. The van der Waals surface area contributed by atoms with Crippen LogP contribution in [-0.4, -0.2) is 48.6 Å². The Morgan fingerprint density at radius 3 is 2.74 bits per heavy atom. The molecule has 2 aromatic heterocycles. The van der Waals surface area contributed by atoms with E-state index in [4.69, 9.17) is 14.1 Å². The molecule has 0 saturated carbocycles. The summed E-state index contributed by atoms with van der Waals surface area (Å²) >= 11 is 1.73. The molecular weight excluding hydrogens is 410 g/mol. The van der Waals surface area contributed by atoms with Gasteiger partial charge < -0.3 is 19.0 Å². The average molecular weight is 436 g/mol. The van der Waals surface area contributed by atoms with E-state index in [1.54, 1.807) is 11.3 Å². The van der Waals surface area contributed by atoms with E-state index in [0.29, 0.717) is 36.8 Å². The molecule has 2 aromatic carbocycles. The van der Waals surface area contributed by atoms with Gasteiger partial charge in [-0.1, -0.05) is 29.5 Å². The Labute approximate surface area is 185 Å². The molecule has 0 spiro atoms. The number of fused-ring (bicyclic) bond motifs is 2. The second kappa shape index (κ2) is 7.89. The minimum Gasteiger partial charge on any atom is -0.490 e. The number of carbonyl (C=O) groups is 1. The van der Waals surface area contributed by atoms with Crippen LogP contribution in [-0.2, 0) is 0 Å². The molecule has 0 atom stereocenters. The molecule has 7 heteroatoms. The Morgan fingerprint density at radius 1 is 1.16 bits per heavy atom. The van der Waals surface area contributed by atoms with Crippen molar-refractivity contribution in [1.82, 2.24) is 9.88 Å². The van der Waals surface area contributed by atoms with Gasteiger partial charge in [0, 0.05) is 31.6 Å². The van der Waals surface area contributed by atoms with E-state index in [-0.39, 0.29) is 5.91 Å². The molecule has 31 heavy (non-hydrogen) atoms. The molecule has 160 valence electrons. The lowest BCUT2D eigenvalue weighted by Crippen LogP contribution is -2.48. The second-order valence-electron chi connectivity index (χ2n) is 7.92. The van der Waals surface area contributed by atoms with Crippen molar-refractivity contribution in [3.8, 4) is 5.75 Å². The lowest BCUT2D eigenvalue weighted by molar-refractivity contribution is 0.0717. The van der Waals surface area contributed by atoms with Gasteiger partial charge in [0.15, 0.2) is 22.2 Å². The summed E-state index contributed by atoms with van der Waals surface area (Å²) < 4.78 is 12.8. The number of aromatic nitrogens is 1. The van der Waals surface area contributed by atoms with Crippen molar-refractivity contribution in [2.75, 3.05) is 37.7 Å². The lowest BCUT2D eigenvalue weighted by atomic mass is 10.1. The van der Waals surface area contributed by atoms with Crippen molar-refractivity contribution in [2.45, 2.75) is 20.8 Å². The molecule has 1 fully saturated rings. The first kappa shape index (κ1) is 19.9. The molecule has 6 nitrogen and oxygen atoms in total. The summed E-state index contributed by atoms with van der Waals surface area (Å²) in [6, 6.07) is 11.9. The number of furan rings is 1. The number of piperazine rings is 1. The van der Waals surface area contributed by atoms with Crippen LogP contribution in [0.4, 0.5) is 5.13 Å². The normalized spacial score (nSPS) is 14.5. The third kappa shape index (κ3) is 3.63. The van der Waals surface area contributed by atoms with Crippen molar-refractivity contribution >= 4 is 43.6 Å². The van der Waals surface area contributed by atoms with Gasteiger partial charge in [0.25, 0.3) is 5.91 Å². The topological polar surface area (TPSA) is 58.8 Å².